The second kappa shape index (κ2) is 11.5. The second-order valence-corrected chi connectivity index (χ2v) is 9.58. The molecule has 0 aromatic heterocycles. The van der Waals surface area contributed by atoms with Crippen molar-refractivity contribution in [1.29, 1.82) is 0 Å². The lowest BCUT2D eigenvalue weighted by Gasteiger charge is -2.30. The molecule has 192 valence electrons. The molecule has 6 aromatic carbocycles. The Hall–Kier alpha value is -4.90. The zero-order chi connectivity index (χ0) is 27.3. The van der Waals surface area contributed by atoms with Crippen molar-refractivity contribution >= 4 is 29.6 Å². The molecule has 3 nitrogen and oxygen atoms in total. The van der Waals surface area contributed by atoms with Crippen LogP contribution in [0.25, 0.3) is 33.4 Å². The lowest BCUT2D eigenvalue weighted by atomic mass is 9.75. The van der Waals surface area contributed by atoms with Crippen LogP contribution in [0.5, 0.6) is 0 Å². The van der Waals surface area contributed by atoms with Crippen LogP contribution < -0.4 is 10.4 Å². The van der Waals surface area contributed by atoms with Crippen LogP contribution in [0.4, 0.5) is 17.1 Å². The highest BCUT2D eigenvalue weighted by Gasteiger charge is 2.23. The standard InChI is InChI=1S/C36H28BNO2/c39-37(40)34-24-12-9-21-31(34)33-23-11-14-26-36(33)38(28-17-5-2-6-18-28)35-25-13-10-22-32(35)30-20-8-7-19-29(30)27-15-3-1-4-16-27/h1-26,39-40H. The molecule has 2 N–H and O–H groups in total. The van der Waals surface area contributed by atoms with Gasteiger partial charge in [-0.1, -0.05) is 133 Å². The number of hydrogen-bond acceptors (Lipinski definition) is 3. The Morgan fingerprint density at radius 1 is 0.375 bits per heavy atom. The van der Waals surface area contributed by atoms with Crippen LogP contribution in [0.3, 0.4) is 0 Å². The molecule has 0 aliphatic heterocycles. The zero-order valence-electron chi connectivity index (χ0n) is 21.9. The molecule has 0 heterocycles. The minimum absolute atomic E-state index is 0.464. The van der Waals surface area contributed by atoms with Crippen LogP contribution in [0.15, 0.2) is 158 Å². The summed E-state index contributed by atoms with van der Waals surface area (Å²) in [6.07, 6.45) is 0. The van der Waals surface area contributed by atoms with Gasteiger partial charge in [-0.15, -0.1) is 0 Å². The number of anilines is 3. The summed E-state index contributed by atoms with van der Waals surface area (Å²) < 4.78 is 0. The van der Waals surface area contributed by atoms with Gasteiger partial charge in [0.25, 0.3) is 0 Å². The van der Waals surface area contributed by atoms with Gasteiger partial charge in [-0.05, 0) is 52.0 Å². The predicted molar refractivity (Wildman–Crippen MR) is 167 cm³/mol. The van der Waals surface area contributed by atoms with E-state index in [1.165, 1.54) is 0 Å². The lowest BCUT2D eigenvalue weighted by Crippen LogP contribution is -2.31. The summed E-state index contributed by atoms with van der Waals surface area (Å²) in [5.74, 6) is 0. The molecule has 0 spiro atoms. The topological polar surface area (TPSA) is 43.7 Å². The molecule has 0 bridgehead atoms. The van der Waals surface area contributed by atoms with E-state index < -0.39 is 7.12 Å². The molecule has 0 saturated heterocycles. The molecular weight excluding hydrogens is 489 g/mol. The minimum Gasteiger partial charge on any atom is -0.423 e. The van der Waals surface area contributed by atoms with Gasteiger partial charge in [-0.3, -0.25) is 0 Å². The molecule has 0 amide bonds. The molecule has 6 aromatic rings. The first-order valence-corrected chi connectivity index (χ1v) is 13.4. The summed E-state index contributed by atoms with van der Waals surface area (Å²) >= 11 is 0. The van der Waals surface area contributed by atoms with Crippen LogP contribution >= 0.6 is 0 Å². The second-order valence-electron chi connectivity index (χ2n) is 9.58. The number of benzene rings is 6. The molecular formula is C36H28BNO2. The summed E-state index contributed by atoms with van der Waals surface area (Å²) in [4.78, 5) is 2.26. The molecule has 4 heteroatoms. The van der Waals surface area contributed by atoms with Gasteiger partial charge in [-0.25, -0.2) is 0 Å². The Labute approximate surface area is 235 Å². The van der Waals surface area contributed by atoms with Crippen molar-refractivity contribution in [1.82, 2.24) is 0 Å². The van der Waals surface area contributed by atoms with E-state index in [-0.39, 0.29) is 0 Å². The maximum Gasteiger partial charge on any atom is 0.489 e. The fourth-order valence-electron chi connectivity index (χ4n) is 5.33. The fraction of sp³-hybridized carbons (Fsp3) is 0. The predicted octanol–water partition coefficient (Wildman–Crippen LogP) is 7.84. The highest BCUT2D eigenvalue weighted by atomic mass is 16.4. The average Bonchev–Trinajstić information content (AvgIpc) is 3.03. The van der Waals surface area contributed by atoms with Crippen molar-refractivity contribution < 1.29 is 10.0 Å². The fourth-order valence-corrected chi connectivity index (χ4v) is 5.33. The molecule has 0 aliphatic rings. The van der Waals surface area contributed by atoms with Gasteiger partial charge >= 0.3 is 7.12 Å². The van der Waals surface area contributed by atoms with Crippen LogP contribution in [-0.4, -0.2) is 17.2 Å². The van der Waals surface area contributed by atoms with Crippen molar-refractivity contribution in [2.24, 2.45) is 0 Å². The quantitative estimate of drug-likeness (QED) is 0.212. The largest absolute Gasteiger partial charge is 0.489 e. The van der Waals surface area contributed by atoms with E-state index in [1.807, 2.05) is 60.7 Å². The van der Waals surface area contributed by atoms with Crippen LogP contribution in [0.2, 0.25) is 0 Å². The normalized spacial score (nSPS) is 10.8. The zero-order valence-corrected chi connectivity index (χ0v) is 21.9. The summed E-state index contributed by atoms with van der Waals surface area (Å²) in [5.41, 5.74) is 9.64. The number of para-hydroxylation sites is 3. The van der Waals surface area contributed by atoms with Gasteiger partial charge in [0.1, 0.15) is 0 Å². The van der Waals surface area contributed by atoms with E-state index in [9.17, 15) is 10.0 Å². The molecule has 0 aliphatic carbocycles. The van der Waals surface area contributed by atoms with Crippen molar-refractivity contribution in [3.8, 4) is 33.4 Å². The molecule has 0 atom stereocenters. The van der Waals surface area contributed by atoms with Crippen molar-refractivity contribution in [3.63, 3.8) is 0 Å². The van der Waals surface area contributed by atoms with Crippen LogP contribution in [0.1, 0.15) is 0 Å². The van der Waals surface area contributed by atoms with Gasteiger partial charge in [0, 0.05) is 16.8 Å². The Morgan fingerprint density at radius 2 is 0.800 bits per heavy atom. The van der Waals surface area contributed by atoms with E-state index >= 15 is 0 Å². The van der Waals surface area contributed by atoms with Crippen molar-refractivity contribution in [2.75, 3.05) is 4.90 Å². The highest BCUT2D eigenvalue weighted by Crippen LogP contribution is 2.45. The minimum atomic E-state index is -1.58. The van der Waals surface area contributed by atoms with Crippen molar-refractivity contribution in [2.45, 2.75) is 0 Å². The Balaban J connectivity index is 1.62. The van der Waals surface area contributed by atoms with E-state index in [1.54, 1.807) is 6.07 Å². The maximum atomic E-state index is 10.2. The summed E-state index contributed by atoms with van der Waals surface area (Å²) in [7, 11) is -1.58. The van der Waals surface area contributed by atoms with Gasteiger partial charge in [0.15, 0.2) is 0 Å². The van der Waals surface area contributed by atoms with Crippen LogP contribution in [-0.2, 0) is 0 Å². The molecule has 0 unspecified atom stereocenters. The Bertz CT molecular complexity index is 1740. The number of nitrogens with zero attached hydrogens (tertiary/aromatic N) is 1. The first-order chi connectivity index (χ1) is 19.7. The first kappa shape index (κ1) is 25.4. The first-order valence-electron chi connectivity index (χ1n) is 13.4. The third-order valence-electron chi connectivity index (χ3n) is 7.14. The Morgan fingerprint density at radius 3 is 1.40 bits per heavy atom. The molecule has 40 heavy (non-hydrogen) atoms. The third kappa shape index (κ3) is 4.94. The van der Waals surface area contributed by atoms with Gasteiger partial charge in [0.2, 0.25) is 0 Å². The monoisotopic (exact) mass is 517 g/mol. The highest BCUT2D eigenvalue weighted by molar-refractivity contribution is 6.60. The summed E-state index contributed by atoms with van der Waals surface area (Å²) in [6.45, 7) is 0. The lowest BCUT2D eigenvalue weighted by molar-refractivity contribution is 0.426. The van der Waals surface area contributed by atoms with E-state index in [4.69, 9.17) is 0 Å². The average molecular weight is 517 g/mol. The van der Waals surface area contributed by atoms with Gasteiger partial charge in [0.05, 0.1) is 11.4 Å². The number of hydrogen-bond donors (Lipinski definition) is 2. The summed E-state index contributed by atoms with van der Waals surface area (Å²) in [6, 6.07) is 53.3. The molecule has 0 saturated carbocycles. The number of rotatable bonds is 7. The molecule has 0 radical (unpaired) electrons. The summed E-state index contributed by atoms with van der Waals surface area (Å²) in [5, 5.41) is 20.4. The van der Waals surface area contributed by atoms with E-state index in [0.717, 1.165) is 50.4 Å². The van der Waals surface area contributed by atoms with Gasteiger partial charge in [-0.2, -0.15) is 0 Å². The van der Waals surface area contributed by atoms with Crippen molar-refractivity contribution in [3.05, 3.63) is 158 Å². The SMILES string of the molecule is OB(O)c1ccccc1-c1ccccc1N(c1ccccc1)c1ccccc1-c1ccccc1-c1ccccc1. The van der Waals surface area contributed by atoms with Crippen LogP contribution in [0, 0.1) is 0 Å². The third-order valence-corrected chi connectivity index (χ3v) is 7.14. The van der Waals surface area contributed by atoms with E-state index in [0.29, 0.717) is 5.46 Å². The Kier molecular flexibility index (Phi) is 7.27. The molecule has 6 rings (SSSR count). The van der Waals surface area contributed by atoms with Gasteiger partial charge < -0.3 is 14.9 Å². The molecule has 0 fully saturated rings. The van der Waals surface area contributed by atoms with E-state index in [2.05, 4.69) is 95.9 Å². The smallest absolute Gasteiger partial charge is 0.423 e. The maximum absolute atomic E-state index is 10.2.